The Hall–Kier alpha value is -3.05. The summed E-state index contributed by atoms with van der Waals surface area (Å²) in [5.41, 5.74) is 3.25. The van der Waals surface area contributed by atoms with Gasteiger partial charge in [0, 0.05) is 31.2 Å². The van der Waals surface area contributed by atoms with E-state index in [0.717, 1.165) is 5.01 Å². The molecule has 2 heterocycles. The van der Waals surface area contributed by atoms with Gasteiger partial charge in [-0.25, -0.2) is 0 Å². The summed E-state index contributed by atoms with van der Waals surface area (Å²) in [6.07, 6.45) is 1.79. The number of benzene rings is 1. The molecule has 1 aliphatic rings. The van der Waals surface area contributed by atoms with Crippen molar-refractivity contribution in [2.45, 2.75) is 26.4 Å². The van der Waals surface area contributed by atoms with Crippen LogP contribution in [0, 0.1) is 17.0 Å². The third-order valence-corrected chi connectivity index (χ3v) is 4.78. The molecular weight excluding hydrogens is 374 g/mol. The smallest absolute Gasteiger partial charge is 0.270 e. The fraction of sp³-hybridized carbons (Fsp3) is 0.312. The summed E-state index contributed by atoms with van der Waals surface area (Å²) in [6, 6.07) is 3.76. The first kappa shape index (κ1) is 18.7. The fourth-order valence-corrected chi connectivity index (χ4v) is 3.33. The SMILES string of the molecule is CC(=O)N(CCC1C=C(c2cc([N+](=O)[O-])ccc2O)NO1)c1nnc(C)s1. The van der Waals surface area contributed by atoms with E-state index in [1.54, 1.807) is 6.08 Å². The van der Waals surface area contributed by atoms with E-state index in [4.69, 9.17) is 4.84 Å². The van der Waals surface area contributed by atoms with Gasteiger partial charge in [-0.3, -0.25) is 30.1 Å². The summed E-state index contributed by atoms with van der Waals surface area (Å²) in [7, 11) is 0. The molecule has 1 amide bonds. The van der Waals surface area contributed by atoms with Crippen molar-refractivity contribution >= 4 is 33.8 Å². The van der Waals surface area contributed by atoms with Crippen molar-refractivity contribution < 1.29 is 19.7 Å². The highest BCUT2D eigenvalue weighted by Crippen LogP contribution is 2.31. The van der Waals surface area contributed by atoms with E-state index in [0.29, 0.717) is 23.8 Å². The van der Waals surface area contributed by atoms with Crippen LogP contribution in [-0.2, 0) is 9.63 Å². The third-order valence-electron chi connectivity index (χ3n) is 3.92. The van der Waals surface area contributed by atoms with E-state index >= 15 is 0 Å². The number of rotatable bonds is 6. The molecule has 27 heavy (non-hydrogen) atoms. The van der Waals surface area contributed by atoms with E-state index in [1.165, 1.54) is 41.4 Å². The standard InChI is InChI=1S/C16H17N5O5S/c1-9-17-18-16(27-9)20(10(2)22)6-5-12-8-14(19-26-12)13-7-11(21(24)25)3-4-15(13)23/h3-4,7-8,12,19,23H,5-6H2,1-2H3. The highest BCUT2D eigenvalue weighted by molar-refractivity contribution is 7.15. The Morgan fingerprint density at radius 1 is 1.48 bits per heavy atom. The summed E-state index contributed by atoms with van der Waals surface area (Å²) < 4.78 is 0. The maximum Gasteiger partial charge on any atom is 0.270 e. The number of aromatic hydroxyl groups is 1. The van der Waals surface area contributed by atoms with Gasteiger partial charge < -0.3 is 5.11 Å². The Labute approximate surface area is 158 Å². The van der Waals surface area contributed by atoms with Gasteiger partial charge in [-0.15, -0.1) is 10.2 Å². The second-order valence-electron chi connectivity index (χ2n) is 5.86. The largest absolute Gasteiger partial charge is 0.507 e. The maximum atomic E-state index is 11.9. The van der Waals surface area contributed by atoms with E-state index in [9.17, 15) is 20.0 Å². The van der Waals surface area contributed by atoms with Crippen LogP contribution in [0.4, 0.5) is 10.8 Å². The molecule has 142 valence electrons. The van der Waals surface area contributed by atoms with Crippen LogP contribution in [0.25, 0.3) is 5.70 Å². The zero-order valence-electron chi connectivity index (χ0n) is 14.6. The van der Waals surface area contributed by atoms with Crippen LogP contribution < -0.4 is 10.4 Å². The number of carbonyl (C=O) groups is 1. The number of phenols is 1. The number of nitro groups is 1. The molecule has 1 aromatic heterocycles. The number of non-ortho nitro benzene ring substituents is 1. The zero-order chi connectivity index (χ0) is 19.6. The predicted molar refractivity (Wildman–Crippen MR) is 98.0 cm³/mol. The molecule has 10 nitrogen and oxygen atoms in total. The number of nitro benzene ring substituents is 1. The number of hydrogen-bond acceptors (Lipinski definition) is 9. The molecule has 2 N–H and O–H groups in total. The summed E-state index contributed by atoms with van der Waals surface area (Å²) in [5, 5.41) is 30.1. The average Bonchev–Trinajstić information content (AvgIpc) is 3.24. The Morgan fingerprint density at radius 2 is 2.26 bits per heavy atom. The molecule has 0 saturated carbocycles. The van der Waals surface area contributed by atoms with Crippen molar-refractivity contribution in [1.29, 1.82) is 0 Å². The summed E-state index contributed by atoms with van der Waals surface area (Å²) in [6.45, 7) is 3.62. The molecule has 1 unspecified atom stereocenters. The van der Waals surface area contributed by atoms with Gasteiger partial charge in [0.05, 0.1) is 10.6 Å². The lowest BCUT2D eigenvalue weighted by Crippen LogP contribution is -2.31. The van der Waals surface area contributed by atoms with Crippen molar-refractivity contribution in [3.05, 3.63) is 45.0 Å². The number of nitrogens with zero attached hydrogens (tertiary/aromatic N) is 4. The average molecular weight is 391 g/mol. The Kier molecular flexibility index (Phi) is 5.33. The molecule has 0 radical (unpaired) electrons. The lowest BCUT2D eigenvalue weighted by atomic mass is 10.1. The lowest BCUT2D eigenvalue weighted by Gasteiger charge is -2.18. The Bertz CT molecular complexity index is 912. The monoisotopic (exact) mass is 391 g/mol. The molecule has 0 spiro atoms. The minimum absolute atomic E-state index is 0.0988. The molecular formula is C16H17N5O5S. The molecule has 0 bridgehead atoms. The molecule has 0 fully saturated rings. The zero-order valence-corrected chi connectivity index (χ0v) is 15.4. The second-order valence-corrected chi connectivity index (χ2v) is 7.02. The molecule has 1 aromatic carbocycles. The van der Waals surface area contributed by atoms with E-state index in [-0.39, 0.29) is 29.0 Å². The minimum atomic E-state index is -0.536. The third kappa shape index (κ3) is 4.20. The molecule has 1 atom stereocenters. The van der Waals surface area contributed by atoms with Crippen LogP contribution in [0.2, 0.25) is 0 Å². The molecule has 11 heteroatoms. The van der Waals surface area contributed by atoms with Gasteiger partial charge in [0.2, 0.25) is 11.0 Å². The number of carbonyl (C=O) groups excluding carboxylic acids is 1. The van der Waals surface area contributed by atoms with Crippen LogP contribution in [0.3, 0.4) is 0 Å². The van der Waals surface area contributed by atoms with E-state index < -0.39 is 4.92 Å². The number of hydrogen-bond donors (Lipinski definition) is 2. The van der Waals surface area contributed by atoms with Crippen molar-refractivity contribution in [2.24, 2.45) is 0 Å². The minimum Gasteiger partial charge on any atom is -0.507 e. The molecule has 0 aliphatic carbocycles. The van der Waals surface area contributed by atoms with Gasteiger partial charge in [0.15, 0.2) is 0 Å². The molecule has 0 saturated heterocycles. The fourth-order valence-electron chi connectivity index (χ4n) is 2.57. The van der Waals surface area contributed by atoms with Crippen LogP contribution in [0.15, 0.2) is 24.3 Å². The van der Waals surface area contributed by atoms with Crippen LogP contribution in [-0.4, -0.2) is 38.8 Å². The first-order valence-corrected chi connectivity index (χ1v) is 8.86. The van der Waals surface area contributed by atoms with Crippen LogP contribution in [0.5, 0.6) is 5.75 Å². The molecule has 2 aromatic rings. The topological polar surface area (TPSA) is 131 Å². The van der Waals surface area contributed by atoms with Crippen LogP contribution >= 0.6 is 11.3 Å². The predicted octanol–water partition coefficient (Wildman–Crippen LogP) is 2.15. The van der Waals surface area contributed by atoms with Gasteiger partial charge in [-0.1, -0.05) is 11.3 Å². The summed E-state index contributed by atoms with van der Waals surface area (Å²) in [5.74, 6) is -0.254. The van der Waals surface area contributed by atoms with Crippen molar-refractivity contribution in [3.8, 4) is 5.75 Å². The Morgan fingerprint density at radius 3 is 2.89 bits per heavy atom. The van der Waals surface area contributed by atoms with Crippen molar-refractivity contribution in [3.63, 3.8) is 0 Å². The first-order valence-electron chi connectivity index (χ1n) is 8.04. The van der Waals surface area contributed by atoms with Gasteiger partial charge in [0.1, 0.15) is 16.9 Å². The lowest BCUT2D eigenvalue weighted by molar-refractivity contribution is -0.384. The normalized spacial score (nSPS) is 15.9. The van der Waals surface area contributed by atoms with Gasteiger partial charge in [-0.2, -0.15) is 0 Å². The number of hydroxylamine groups is 1. The quantitative estimate of drug-likeness (QED) is 0.566. The number of anilines is 1. The van der Waals surface area contributed by atoms with Gasteiger partial charge in [-0.05, 0) is 25.5 Å². The Balaban J connectivity index is 1.71. The summed E-state index contributed by atoms with van der Waals surface area (Å²) >= 11 is 1.32. The molecule has 1 aliphatic heterocycles. The second kappa shape index (κ2) is 7.68. The first-order chi connectivity index (χ1) is 12.8. The van der Waals surface area contributed by atoms with Gasteiger partial charge >= 0.3 is 0 Å². The van der Waals surface area contributed by atoms with Gasteiger partial charge in [0.25, 0.3) is 5.69 Å². The maximum absolute atomic E-state index is 11.9. The number of aromatic nitrogens is 2. The summed E-state index contributed by atoms with van der Waals surface area (Å²) in [4.78, 5) is 29.2. The highest BCUT2D eigenvalue weighted by atomic mass is 32.1. The van der Waals surface area contributed by atoms with Crippen molar-refractivity contribution in [1.82, 2.24) is 15.7 Å². The van der Waals surface area contributed by atoms with Crippen LogP contribution in [0.1, 0.15) is 23.9 Å². The number of phenolic OH excluding ortho intramolecular Hbond substituents is 1. The van der Waals surface area contributed by atoms with Crippen molar-refractivity contribution in [2.75, 3.05) is 11.4 Å². The van der Waals surface area contributed by atoms with E-state index in [1.807, 2.05) is 6.92 Å². The van der Waals surface area contributed by atoms with E-state index in [2.05, 4.69) is 15.7 Å². The number of amides is 1. The number of aryl methyl sites for hydroxylation is 1. The number of nitrogens with one attached hydrogen (secondary N) is 1. The highest BCUT2D eigenvalue weighted by Gasteiger charge is 2.24. The molecule has 3 rings (SSSR count).